The molecule has 88 valence electrons. The Bertz CT molecular complexity index is 153. The zero-order valence-electron chi connectivity index (χ0n) is 10.5. The summed E-state index contributed by atoms with van der Waals surface area (Å²) in [6.07, 6.45) is 13.9. The highest BCUT2D eigenvalue weighted by Crippen LogP contribution is 2.01. The summed E-state index contributed by atoms with van der Waals surface area (Å²) in [5.41, 5.74) is 0. The van der Waals surface area contributed by atoms with Crippen LogP contribution in [0.25, 0.3) is 0 Å². The number of rotatable bonds is 10. The predicted octanol–water partition coefficient (Wildman–Crippen LogP) is 4.37. The maximum absolute atomic E-state index is 3.73. The second kappa shape index (κ2) is 11.4. The summed E-state index contributed by atoms with van der Waals surface area (Å²) in [5.74, 6) is 0. The third-order valence-electron chi connectivity index (χ3n) is 2.45. The first-order valence-corrected chi connectivity index (χ1v) is 6.36. The van der Waals surface area contributed by atoms with Crippen molar-refractivity contribution < 1.29 is 0 Å². The van der Waals surface area contributed by atoms with Gasteiger partial charge in [-0.05, 0) is 31.9 Å². The van der Waals surface area contributed by atoms with Crippen LogP contribution in [0, 0.1) is 0 Å². The van der Waals surface area contributed by atoms with Gasteiger partial charge in [-0.3, -0.25) is 0 Å². The number of unbranched alkanes of at least 4 members (excludes halogenated alkanes) is 3. The monoisotopic (exact) mass is 209 g/mol. The van der Waals surface area contributed by atoms with E-state index >= 15 is 0 Å². The largest absolute Gasteiger partial charge is 0.378 e. The Hall–Kier alpha value is -0.720. The van der Waals surface area contributed by atoms with Crippen LogP contribution in [0.2, 0.25) is 0 Å². The van der Waals surface area contributed by atoms with Gasteiger partial charge >= 0.3 is 0 Å². The molecule has 1 nitrogen and oxygen atoms in total. The maximum atomic E-state index is 3.73. The molecule has 0 aromatic heterocycles. The zero-order valence-corrected chi connectivity index (χ0v) is 10.5. The highest BCUT2D eigenvalue weighted by atomic mass is 15.1. The van der Waals surface area contributed by atoms with Gasteiger partial charge in [-0.15, -0.1) is 6.58 Å². The average molecular weight is 209 g/mol. The van der Waals surface area contributed by atoms with Gasteiger partial charge in [-0.2, -0.15) is 0 Å². The molecule has 0 saturated heterocycles. The number of allylic oxidation sites excluding steroid dienone is 2. The molecule has 15 heavy (non-hydrogen) atoms. The van der Waals surface area contributed by atoms with Crippen molar-refractivity contribution in [2.24, 2.45) is 0 Å². The highest BCUT2D eigenvalue weighted by molar-refractivity contribution is 4.84. The summed E-state index contributed by atoms with van der Waals surface area (Å²) in [7, 11) is 0. The van der Waals surface area contributed by atoms with Crippen LogP contribution in [0.4, 0.5) is 0 Å². The van der Waals surface area contributed by atoms with E-state index in [1.165, 1.54) is 38.8 Å². The molecule has 1 heteroatoms. The van der Waals surface area contributed by atoms with Crippen molar-refractivity contribution in [3.8, 4) is 0 Å². The third kappa shape index (κ3) is 9.58. The van der Waals surface area contributed by atoms with Gasteiger partial charge in [0.15, 0.2) is 0 Å². The van der Waals surface area contributed by atoms with Crippen LogP contribution in [0.15, 0.2) is 24.9 Å². The fourth-order valence-corrected chi connectivity index (χ4v) is 1.42. The van der Waals surface area contributed by atoms with Crippen LogP contribution < -0.4 is 0 Å². The SMILES string of the molecule is C=CCC/C=C/N(CCCC)CCCC. The number of nitrogens with zero attached hydrogens (tertiary/aromatic N) is 1. The van der Waals surface area contributed by atoms with E-state index in [0.717, 1.165) is 12.8 Å². The molecule has 0 aliphatic rings. The van der Waals surface area contributed by atoms with Gasteiger partial charge in [0.1, 0.15) is 0 Å². The van der Waals surface area contributed by atoms with Crippen molar-refractivity contribution in [3.05, 3.63) is 24.9 Å². The van der Waals surface area contributed by atoms with Crippen LogP contribution in [0.1, 0.15) is 52.4 Å². The molecule has 0 aliphatic carbocycles. The minimum Gasteiger partial charge on any atom is -0.378 e. The van der Waals surface area contributed by atoms with E-state index in [1.807, 2.05) is 6.08 Å². The fraction of sp³-hybridized carbons (Fsp3) is 0.714. The summed E-state index contributed by atoms with van der Waals surface area (Å²) < 4.78 is 0. The van der Waals surface area contributed by atoms with Gasteiger partial charge in [0.25, 0.3) is 0 Å². The lowest BCUT2D eigenvalue weighted by Crippen LogP contribution is -2.19. The Labute approximate surface area is 95.9 Å². The lowest BCUT2D eigenvalue weighted by molar-refractivity contribution is 0.359. The minimum atomic E-state index is 1.09. The van der Waals surface area contributed by atoms with E-state index in [4.69, 9.17) is 0 Å². The third-order valence-corrected chi connectivity index (χ3v) is 2.45. The lowest BCUT2D eigenvalue weighted by Gasteiger charge is -2.19. The topological polar surface area (TPSA) is 3.24 Å². The van der Waals surface area contributed by atoms with Crippen LogP contribution in [-0.2, 0) is 0 Å². The van der Waals surface area contributed by atoms with Crippen LogP contribution in [0.5, 0.6) is 0 Å². The smallest absolute Gasteiger partial charge is 0.0172 e. The molecule has 0 aliphatic heterocycles. The van der Waals surface area contributed by atoms with Crippen LogP contribution in [-0.4, -0.2) is 18.0 Å². The van der Waals surface area contributed by atoms with E-state index in [9.17, 15) is 0 Å². The van der Waals surface area contributed by atoms with Crippen LogP contribution in [0.3, 0.4) is 0 Å². The number of hydrogen-bond acceptors (Lipinski definition) is 1. The molecule has 0 rings (SSSR count). The summed E-state index contributed by atoms with van der Waals surface area (Å²) in [4.78, 5) is 2.45. The van der Waals surface area contributed by atoms with E-state index in [0.29, 0.717) is 0 Å². The summed E-state index contributed by atoms with van der Waals surface area (Å²) >= 11 is 0. The van der Waals surface area contributed by atoms with Crippen molar-refractivity contribution in [1.29, 1.82) is 0 Å². The normalized spacial score (nSPS) is 10.8. The van der Waals surface area contributed by atoms with Crippen molar-refractivity contribution >= 4 is 0 Å². The Balaban J connectivity index is 3.76. The molecule has 0 N–H and O–H groups in total. The second-order valence-electron chi connectivity index (χ2n) is 3.99. The molecular formula is C14H27N. The van der Waals surface area contributed by atoms with Crippen LogP contribution >= 0.6 is 0 Å². The molecule has 0 aromatic rings. The second-order valence-corrected chi connectivity index (χ2v) is 3.99. The maximum Gasteiger partial charge on any atom is 0.0172 e. The first-order chi connectivity index (χ1) is 7.35. The van der Waals surface area contributed by atoms with Gasteiger partial charge in [0.2, 0.25) is 0 Å². The zero-order chi connectivity index (χ0) is 11.4. The molecule has 0 amide bonds. The standard InChI is InChI=1S/C14H27N/c1-4-7-10-11-14-15(12-8-5-2)13-9-6-3/h4,11,14H,1,5-10,12-13H2,2-3H3/b14-11+. The van der Waals surface area contributed by atoms with E-state index in [1.54, 1.807) is 0 Å². The molecule has 0 spiro atoms. The van der Waals surface area contributed by atoms with Gasteiger partial charge in [-0.1, -0.05) is 38.8 Å². The highest BCUT2D eigenvalue weighted by Gasteiger charge is 1.96. The molecular weight excluding hydrogens is 182 g/mol. The first kappa shape index (κ1) is 14.3. The summed E-state index contributed by atoms with van der Waals surface area (Å²) in [6.45, 7) is 10.6. The summed E-state index contributed by atoms with van der Waals surface area (Å²) in [6, 6.07) is 0. The molecule has 0 aromatic carbocycles. The molecule has 0 bridgehead atoms. The molecule has 0 radical (unpaired) electrons. The van der Waals surface area contributed by atoms with E-state index < -0.39 is 0 Å². The molecule has 0 unspecified atom stereocenters. The number of hydrogen-bond donors (Lipinski definition) is 0. The van der Waals surface area contributed by atoms with Crippen molar-refractivity contribution in [3.63, 3.8) is 0 Å². The fourth-order valence-electron chi connectivity index (χ4n) is 1.42. The Morgan fingerprint density at radius 2 is 1.60 bits per heavy atom. The molecule has 0 atom stereocenters. The first-order valence-electron chi connectivity index (χ1n) is 6.36. The Kier molecular flexibility index (Phi) is 10.8. The molecule has 0 fully saturated rings. The van der Waals surface area contributed by atoms with Crippen molar-refractivity contribution in [1.82, 2.24) is 4.90 Å². The van der Waals surface area contributed by atoms with Gasteiger partial charge in [-0.25, -0.2) is 0 Å². The van der Waals surface area contributed by atoms with E-state index in [-0.39, 0.29) is 0 Å². The van der Waals surface area contributed by atoms with Gasteiger partial charge in [0.05, 0.1) is 0 Å². The summed E-state index contributed by atoms with van der Waals surface area (Å²) in [5, 5.41) is 0. The van der Waals surface area contributed by atoms with Gasteiger partial charge < -0.3 is 4.90 Å². The average Bonchev–Trinajstić information content (AvgIpc) is 2.27. The Morgan fingerprint density at radius 1 is 1.00 bits per heavy atom. The molecule has 0 saturated carbocycles. The van der Waals surface area contributed by atoms with E-state index in [2.05, 4.69) is 37.6 Å². The molecule has 0 heterocycles. The minimum absolute atomic E-state index is 1.09. The predicted molar refractivity (Wildman–Crippen MR) is 70.0 cm³/mol. The van der Waals surface area contributed by atoms with Gasteiger partial charge in [0, 0.05) is 13.1 Å². The van der Waals surface area contributed by atoms with Crippen molar-refractivity contribution in [2.75, 3.05) is 13.1 Å². The Morgan fingerprint density at radius 3 is 2.07 bits per heavy atom. The lowest BCUT2D eigenvalue weighted by atomic mass is 10.2. The van der Waals surface area contributed by atoms with Crippen molar-refractivity contribution in [2.45, 2.75) is 52.4 Å². The quantitative estimate of drug-likeness (QED) is 0.381.